The van der Waals surface area contributed by atoms with Crippen LogP contribution in [0.15, 0.2) is 18.2 Å². The van der Waals surface area contributed by atoms with Crippen molar-refractivity contribution in [1.29, 1.82) is 0 Å². The van der Waals surface area contributed by atoms with E-state index in [1.807, 2.05) is 0 Å². The van der Waals surface area contributed by atoms with Gasteiger partial charge in [0.25, 0.3) is 0 Å². The van der Waals surface area contributed by atoms with Crippen molar-refractivity contribution >= 4 is 0 Å². The molecule has 1 nitrogen and oxygen atoms in total. The molecule has 0 aliphatic heterocycles. The molecular weight excluding hydrogens is 146 g/mol. The fourth-order valence-corrected chi connectivity index (χ4v) is 1.46. The lowest BCUT2D eigenvalue weighted by Crippen LogP contribution is -2.03. The maximum Gasteiger partial charge on any atom is -0.00367 e. The van der Waals surface area contributed by atoms with E-state index < -0.39 is 0 Å². The third kappa shape index (κ3) is 2.35. The molecular formula is C11H17N. The molecule has 0 aliphatic carbocycles. The van der Waals surface area contributed by atoms with Gasteiger partial charge in [-0.2, -0.15) is 0 Å². The number of hydrogen-bond donors (Lipinski definition) is 1. The summed E-state index contributed by atoms with van der Waals surface area (Å²) in [6.07, 6.45) is 2.11. The summed E-state index contributed by atoms with van der Waals surface area (Å²) in [5.74, 6) is 0. The lowest BCUT2D eigenvalue weighted by Gasteiger charge is -2.04. The SMILES string of the molecule is CCc1cc(C)cc(CCN)c1. The van der Waals surface area contributed by atoms with E-state index in [4.69, 9.17) is 5.73 Å². The van der Waals surface area contributed by atoms with Crippen LogP contribution in [0.3, 0.4) is 0 Å². The van der Waals surface area contributed by atoms with Gasteiger partial charge in [0.05, 0.1) is 0 Å². The van der Waals surface area contributed by atoms with E-state index in [1.165, 1.54) is 16.7 Å². The number of aryl methyl sites for hydroxylation is 2. The molecule has 0 bridgehead atoms. The fourth-order valence-electron chi connectivity index (χ4n) is 1.46. The Bertz CT molecular complexity index is 253. The third-order valence-electron chi connectivity index (χ3n) is 2.04. The second kappa shape index (κ2) is 4.27. The lowest BCUT2D eigenvalue weighted by atomic mass is 10.0. The summed E-state index contributed by atoms with van der Waals surface area (Å²) in [4.78, 5) is 0. The lowest BCUT2D eigenvalue weighted by molar-refractivity contribution is 0.959. The van der Waals surface area contributed by atoms with Gasteiger partial charge in [-0.25, -0.2) is 0 Å². The molecule has 12 heavy (non-hydrogen) atoms. The summed E-state index contributed by atoms with van der Waals surface area (Å²) in [5.41, 5.74) is 9.63. The topological polar surface area (TPSA) is 26.0 Å². The minimum absolute atomic E-state index is 0.743. The predicted molar refractivity (Wildman–Crippen MR) is 53.3 cm³/mol. The average molecular weight is 163 g/mol. The molecule has 2 N–H and O–H groups in total. The predicted octanol–water partition coefficient (Wildman–Crippen LogP) is 2.06. The van der Waals surface area contributed by atoms with E-state index in [9.17, 15) is 0 Å². The largest absolute Gasteiger partial charge is 0.330 e. The van der Waals surface area contributed by atoms with Crippen LogP contribution in [-0.2, 0) is 12.8 Å². The molecule has 66 valence electrons. The molecule has 0 saturated heterocycles. The number of nitrogens with two attached hydrogens (primary N) is 1. The molecule has 0 saturated carbocycles. The Morgan fingerprint density at radius 3 is 2.42 bits per heavy atom. The summed E-state index contributed by atoms with van der Waals surface area (Å²) < 4.78 is 0. The molecule has 0 amide bonds. The van der Waals surface area contributed by atoms with E-state index in [0.717, 1.165) is 19.4 Å². The zero-order valence-corrected chi connectivity index (χ0v) is 7.93. The number of hydrogen-bond acceptors (Lipinski definition) is 1. The van der Waals surface area contributed by atoms with Gasteiger partial charge in [-0.05, 0) is 37.4 Å². The third-order valence-corrected chi connectivity index (χ3v) is 2.04. The van der Waals surface area contributed by atoms with Crippen LogP contribution in [0.5, 0.6) is 0 Å². The van der Waals surface area contributed by atoms with Crippen molar-refractivity contribution in [3.63, 3.8) is 0 Å². The van der Waals surface area contributed by atoms with Crippen molar-refractivity contribution in [3.8, 4) is 0 Å². The summed E-state index contributed by atoms with van der Waals surface area (Å²) in [6.45, 7) is 5.06. The van der Waals surface area contributed by atoms with Crippen LogP contribution >= 0.6 is 0 Å². The first-order chi connectivity index (χ1) is 5.76. The van der Waals surface area contributed by atoms with Crippen molar-refractivity contribution < 1.29 is 0 Å². The van der Waals surface area contributed by atoms with E-state index >= 15 is 0 Å². The zero-order valence-electron chi connectivity index (χ0n) is 7.93. The zero-order chi connectivity index (χ0) is 8.97. The summed E-state index contributed by atoms with van der Waals surface area (Å²) in [7, 11) is 0. The second-order valence-corrected chi connectivity index (χ2v) is 3.22. The van der Waals surface area contributed by atoms with Crippen molar-refractivity contribution in [3.05, 3.63) is 34.9 Å². The van der Waals surface area contributed by atoms with Gasteiger partial charge in [0.1, 0.15) is 0 Å². The average Bonchev–Trinajstić information content (AvgIpc) is 2.04. The molecule has 0 fully saturated rings. The van der Waals surface area contributed by atoms with Crippen molar-refractivity contribution in [2.24, 2.45) is 5.73 Å². The molecule has 0 aliphatic rings. The van der Waals surface area contributed by atoms with Crippen LogP contribution in [-0.4, -0.2) is 6.54 Å². The highest BCUT2D eigenvalue weighted by molar-refractivity contribution is 5.29. The highest BCUT2D eigenvalue weighted by Crippen LogP contribution is 2.10. The number of rotatable bonds is 3. The monoisotopic (exact) mass is 163 g/mol. The molecule has 1 heteroatoms. The first-order valence-corrected chi connectivity index (χ1v) is 4.55. The van der Waals surface area contributed by atoms with Gasteiger partial charge >= 0.3 is 0 Å². The first kappa shape index (κ1) is 9.27. The van der Waals surface area contributed by atoms with Crippen molar-refractivity contribution in [2.75, 3.05) is 6.54 Å². The molecule has 0 radical (unpaired) electrons. The minimum atomic E-state index is 0.743. The van der Waals surface area contributed by atoms with E-state index in [-0.39, 0.29) is 0 Å². The van der Waals surface area contributed by atoms with E-state index in [0.29, 0.717) is 0 Å². The van der Waals surface area contributed by atoms with Crippen LogP contribution < -0.4 is 5.73 Å². The normalized spacial score (nSPS) is 10.2. The fraction of sp³-hybridized carbons (Fsp3) is 0.455. The molecule has 1 aromatic carbocycles. The van der Waals surface area contributed by atoms with Gasteiger partial charge in [0, 0.05) is 0 Å². The van der Waals surface area contributed by atoms with Crippen LogP contribution in [0.4, 0.5) is 0 Å². The second-order valence-electron chi connectivity index (χ2n) is 3.22. The van der Waals surface area contributed by atoms with Gasteiger partial charge < -0.3 is 5.73 Å². The minimum Gasteiger partial charge on any atom is -0.330 e. The Morgan fingerprint density at radius 2 is 1.83 bits per heavy atom. The Morgan fingerprint density at radius 1 is 1.17 bits per heavy atom. The quantitative estimate of drug-likeness (QED) is 0.725. The smallest absolute Gasteiger partial charge is 0.00367 e. The van der Waals surface area contributed by atoms with E-state index in [1.54, 1.807) is 0 Å². The molecule has 0 unspecified atom stereocenters. The highest BCUT2D eigenvalue weighted by atomic mass is 14.5. The van der Waals surface area contributed by atoms with Crippen LogP contribution in [0.1, 0.15) is 23.6 Å². The first-order valence-electron chi connectivity index (χ1n) is 4.55. The van der Waals surface area contributed by atoms with Crippen LogP contribution in [0, 0.1) is 6.92 Å². The maximum absolute atomic E-state index is 5.50. The standard InChI is InChI=1S/C11H17N/c1-3-10-6-9(2)7-11(8-10)4-5-12/h6-8H,3-5,12H2,1-2H3. The molecule has 1 aromatic rings. The van der Waals surface area contributed by atoms with Gasteiger partial charge in [0.2, 0.25) is 0 Å². The van der Waals surface area contributed by atoms with Crippen LogP contribution in [0.25, 0.3) is 0 Å². The van der Waals surface area contributed by atoms with Gasteiger partial charge in [-0.1, -0.05) is 30.7 Å². The summed E-state index contributed by atoms with van der Waals surface area (Å²) in [5, 5.41) is 0. The Kier molecular flexibility index (Phi) is 3.30. The van der Waals surface area contributed by atoms with Crippen molar-refractivity contribution in [2.45, 2.75) is 26.7 Å². The van der Waals surface area contributed by atoms with Crippen molar-refractivity contribution in [1.82, 2.24) is 0 Å². The molecule has 1 rings (SSSR count). The Labute approximate surface area is 74.6 Å². The Hall–Kier alpha value is -0.820. The van der Waals surface area contributed by atoms with E-state index in [2.05, 4.69) is 32.0 Å². The summed E-state index contributed by atoms with van der Waals surface area (Å²) in [6, 6.07) is 6.70. The number of benzene rings is 1. The molecule has 0 heterocycles. The summed E-state index contributed by atoms with van der Waals surface area (Å²) >= 11 is 0. The van der Waals surface area contributed by atoms with Gasteiger partial charge in [-0.3, -0.25) is 0 Å². The Balaban J connectivity index is 2.90. The van der Waals surface area contributed by atoms with Crippen LogP contribution in [0.2, 0.25) is 0 Å². The highest BCUT2D eigenvalue weighted by Gasteiger charge is 1.95. The maximum atomic E-state index is 5.50. The molecule has 0 aromatic heterocycles. The van der Waals surface area contributed by atoms with Gasteiger partial charge in [-0.15, -0.1) is 0 Å². The molecule has 0 spiro atoms. The molecule has 0 atom stereocenters. The van der Waals surface area contributed by atoms with Gasteiger partial charge in [0.15, 0.2) is 0 Å².